The first-order valence-corrected chi connectivity index (χ1v) is 4.28. The van der Waals surface area contributed by atoms with Gasteiger partial charge >= 0.3 is 0 Å². The first-order chi connectivity index (χ1) is 5.43. The maximum atomic E-state index is 8.22. The van der Waals surface area contributed by atoms with Gasteiger partial charge in [-0.15, -0.1) is 0 Å². The average Bonchev–Trinajstić information content (AvgIpc) is 2.07. The molecule has 1 fully saturated rings. The Morgan fingerprint density at radius 3 is 2.64 bits per heavy atom. The zero-order valence-electron chi connectivity index (χ0n) is 6.84. The Balaban J connectivity index is 2.01. The summed E-state index contributed by atoms with van der Waals surface area (Å²) in [5.41, 5.74) is 0. The summed E-state index contributed by atoms with van der Waals surface area (Å²) in [5.74, 6) is 0. The van der Waals surface area contributed by atoms with Crippen LogP contribution in [0.25, 0.3) is 0 Å². The van der Waals surface area contributed by atoms with Crippen LogP contribution in [0.3, 0.4) is 0 Å². The van der Waals surface area contributed by atoms with E-state index in [-0.39, 0.29) is 0 Å². The number of hydrogen-bond donors (Lipinski definition) is 1. The third kappa shape index (κ3) is 3.24. The number of nitrogens with one attached hydrogen (secondary N) is 1. The summed E-state index contributed by atoms with van der Waals surface area (Å²) in [6, 6.07) is 0. The van der Waals surface area contributed by atoms with Gasteiger partial charge in [0.15, 0.2) is 6.19 Å². The van der Waals surface area contributed by atoms with Crippen LogP contribution >= 0.6 is 0 Å². The van der Waals surface area contributed by atoms with Crippen LogP contribution in [0.15, 0.2) is 0 Å². The van der Waals surface area contributed by atoms with Gasteiger partial charge in [0, 0.05) is 13.1 Å². The number of nitrogens with zero attached hydrogens (tertiary/aromatic N) is 2. The monoisotopic (exact) mass is 153 g/mol. The van der Waals surface area contributed by atoms with Gasteiger partial charge in [0.05, 0.1) is 0 Å². The summed E-state index contributed by atoms with van der Waals surface area (Å²) < 4.78 is 0. The first kappa shape index (κ1) is 8.35. The molecule has 1 heterocycles. The Bertz CT molecular complexity index is 133. The standard InChI is InChI=1S/C8H15N3/c9-8-10-4-7-11-5-2-1-3-6-11/h10H,1-7H2. The third-order valence-electron chi connectivity index (χ3n) is 2.08. The lowest BCUT2D eigenvalue weighted by Gasteiger charge is -2.25. The van der Waals surface area contributed by atoms with Crippen molar-refractivity contribution in [1.82, 2.24) is 10.2 Å². The van der Waals surface area contributed by atoms with Crippen LogP contribution in [0.4, 0.5) is 0 Å². The van der Waals surface area contributed by atoms with Gasteiger partial charge < -0.3 is 10.2 Å². The zero-order chi connectivity index (χ0) is 7.94. The van der Waals surface area contributed by atoms with Crippen LogP contribution in [-0.2, 0) is 0 Å². The highest BCUT2D eigenvalue weighted by molar-refractivity contribution is 4.69. The van der Waals surface area contributed by atoms with Crippen LogP contribution < -0.4 is 5.32 Å². The minimum atomic E-state index is 0.802. The second-order valence-corrected chi connectivity index (χ2v) is 2.94. The van der Waals surface area contributed by atoms with Gasteiger partial charge in [-0.05, 0) is 25.9 Å². The van der Waals surface area contributed by atoms with Crippen LogP contribution in [-0.4, -0.2) is 31.1 Å². The van der Waals surface area contributed by atoms with Crippen molar-refractivity contribution in [2.45, 2.75) is 19.3 Å². The minimum Gasteiger partial charge on any atom is -0.323 e. The lowest BCUT2D eigenvalue weighted by Crippen LogP contribution is -2.34. The largest absolute Gasteiger partial charge is 0.323 e. The van der Waals surface area contributed by atoms with E-state index in [4.69, 9.17) is 5.26 Å². The number of hydrogen-bond acceptors (Lipinski definition) is 3. The first-order valence-electron chi connectivity index (χ1n) is 4.28. The molecule has 0 radical (unpaired) electrons. The van der Waals surface area contributed by atoms with Crippen molar-refractivity contribution >= 4 is 0 Å². The molecule has 1 N–H and O–H groups in total. The van der Waals surface area contributed by atoms with Crippen molar-refractivity contribution in [2.75, 3.05) is 26.2 Å². The molecule has 3 nitrogen and oxygen atoms in total. The molecule has 0 amide bonds. The van der Waals surface area contributed by atoms with E-state index < -0.39 is 0 Å². The second-order valence-electron chi connectivity index (χ2n) is 2.94. The number of nitriles is 1. The third-order valence-corrected chi connectivity index (χ3v) is 2.08. The molecule has 62 valence electrons. The molecule has 1 aliphatic rings. The molecule has 0 atom stereocenters. The molecule has 0 aromatic rings. The topological polar surface area (TPSA) is 39.1 Å². The van der Waals surface area contributed by atoms with E-state index in [9.17, 15) is 0 Å². The average molecular weight is 153 g/mol. The van der Waals surface area contributed by atoms with E-state index in [1.54, 1.807) is 0 Å². The van der Waals surface area contributed by atoms with Crippen molar-refractivity contribution in [3.8, 4) is 6.19 Å². The molecule has 0 saturated carbocycles. The molecule has 1 saturated heterocycles. The number of rotatable bonds is 3. The highest BCUT2D eigenvalue weighted by atomic mass is 15.1. The van der Waals surface area contributed by atoms with E-state index >= 15 is 0 Å². The molecule has 0 aromatic carbocycles. The predicted octanol–water partition coefficient (Wildman–Crippen LogP) is 0.543. The maximum absolute atomic E-state index is 8.22. The van der Waals surface area contributed by atoms with Gasteiger partial charge in [0.1, 0.15) is 0 Å². The summed E-state index contributed by atoms with van der Waals surface area (Å²) in [7, 11) is 0. The van der Waals surface area contributed by atoms with Gasteiger partial charge in [0.25, 0.3) is 0 Å². The summed E-state index contributed by atoms with van der Waals surface area (Å²) in [6.45, 7) is 4.25. The van der Waals surface area contributed by atoms with E-state index in [2.05, 4.69) is 10.2 Å². The van der Waals surface area contributed by atoms with Crippen molar-refractivity contribution in [2.24, 2.45) is 0 Å². The number of likely N-dealkylation sites (tertiary alicyclic amines) is 1. The lowest BCUT2D eigenvalue weighted by atomic mass is 10.1. The molecule has 3 heteroatoms. The fourth-order valence-electron chi connectivity index (χ4n) is 1.45. The van der Waals surface area contributed by atoms with Crippen molar-refractivity contribution < 1.29 is 0 Å². The van der Waals surface area contributed by atoms with Gasteiger partial charge in [-0.3, -0.25) is 0 Å². The summed E-state index contributed by atoms with van der Waals surface area (Å²) >= 11 is 0. The van der Waals surface area contributed by atoms with E-state index in [0.29, 0.717) is 0 Å². The predicted molar refractivity (Wildman–Crippen MR) is 43.9 cm³/mol. The molecule has 0 aromatic heterocycles. The second kappa shape index (κ2) is 4.97. The van der Waals surface area contributed by atoms with Gasteiger partial charge in [-0.2, -0.15) is 5.26 Å². The van der Waals surface area contributed by atoms with E-state index in [0.717, 1.165) is 13.1 Å². The van der Waals surface area contributed by atoms with E-state index in [1.807, 2.05) is 6.19 Å². The normalized spacial score (nSPS) is 19.2. The van der Waals surface area contributed by atoms with Gasteiger partial charge in [-0.25, -0.2) is 0 Å². The van der Waals surface area contributed by atoms with Crippen molar-refractivity contribution in [3.63, 3.8) is 0 Å². The summed E-state index contributed by atoms with van der Waals surface area (Å²) in [6.07, 6.45) is 5.96. The number of piperidine rings is 1. The summed E-state index contributed by atoms with van der Waals surface area (Å²) in [5, 5.41) is 10.9. The zero-order valence-corrected chi connectivity index (χ0v) is 6.84. The maximum Gasteiger partial charge on any atom is 0.176 e. The van der Waals surface area contributed by atoms with Gasteiger partial charge in [-0.1, -0.05) is 6.42 Å². The molecule has 0 unspecified atom stereocenters. The Hall–Kier alpha value is -0.750. The molecule has 0 aliphatic carbocycles. The molecule has 0 spiro atoms. The fourth-order valence-corrected chi connectivity index (χ4v) is 1.45. The molecule has 1 aliphatic heterocycles. The highest BCUT2D eigenvalue weighted by Gasteiger charge is 2.08. The summed E-state index contributed by atoms with van der Waals surface area (Å²) in [4.78, 5) is 2.41. The Kier molecular flexibility index (Phi) is 3.77. The van der Waals surface area contributed by atoms with Crippen LogP contribution in [0.5, 0.6) is 0 Å². The Morgan fingerprint density at radius 1 is 1.27 bits per heavy atom. The lowest BCUT2D eigenvalue weighted by molar-refractivity contribution is 0.232. The van der Waals surface area contributed by atoms with Crippen LogP contribution in [0.2, 0.25) is 0 Å². The molecular formula is C8H15N3. The quantitative estimate of drug-likeness (QED) is 0.365. The van der Waals surface area contributed by atoms with Crippen molar-refractivity contribution in [3.05, 3.63) is 0 Å². The molecule has 0 bridgehead atoms. The van der Waals surface area contributed by atoms with E-state index in [1.165, 1.54) is 32.4 Å². The minimum absolute atomic E-state index is 0.802. The Morgan fingerprint density at radius 2 is 2.00 bits per heavy atom. The van der Waals surface area contributed by atoms with Crippen LogP contribution in [0, 0.1) is 11.5 Å². The van der Waals surface area contributed by atoms with Crippen LogP contribution in [0.1, 0.15) is 19.3 Å². The fraction of sp³-hybridized carbons (Fsp3) is 0.875. The van der Waals surface area contributed by atoms with Gasteiger partial charge in [0.2, 0.25) is 0 Å². The van der Waals surface area contributed by atoms with Crippen molar-refractivity contribution in [1.29, 1.82) is 5.26 Å². The molecule has 11 heavy (non-hydrogen) atoms. The molecule has 1 rings (SSSR count). The SMILES string of the molecule is N#CNCCN1CCCCC1. The highest BCUT2D eigenvalue weighted by Crippen LogP contribution is 2.06. The Labute approximate surface area is 68.0 Å². The smallest absolute Gasteiger partial charge is 0.176 e. The molecular weight excluding hydrogens is 138 g/mol.